The number of fused-ring (bicyclic) bond motifs is 5. The fourth-order valence-corrected chi connectivity index (χ4v) is 5.69. The Morgan fingerprint density at radius 1 is 1.00 bits per heavy atom. The number of carbonyl (C=O) groups is 2. The normalized spacial score (nSPS) is 28.3. The van der Waals surface area contributed by atoms with E-state index in [-0.39, 0.29) is 29.3 Å². The van der Waals surface area contributed by atoms with Crippen molar-refractivity contribution in [2.75, 3.05) is 4.90 Å². The van der Waals surface area contributed by atoms with Gasteiger partial charge in [-0.1, -0.05) is 48.1 Å². The van der Waals surface area contributed by atoms with Gasteiger partial charge in [0, 0.05) is 28.4 Å². The molecule has 0 aromatic heterocycles. The fourth-order valence-electron chi connectivity index (χ4n) is 5.15. The molecule has 30 heavy (non-hydrogen) atoms. The molecule has 1 heterocycles. The van der Waals surface area contributed by atoms with Crippen molar-refractivity contribution in [1.82, 2.24) is 0 Å². The van der Waals surface area contributed by atoms with Gasteiger partial charge in [-0.25, -0.2) is 4.90 Å². The molecule has 1 aliphatic heterocycles. The summed E-state index contributed by atoms with van der Waals surface area (Å²) < 4.78 is 0.356. The summed E-state index contributed by atoms with van der Waals surface area (Å²) in [6.07, 6.45) is 4.10. The van der Waals surface area contributed by atoms with E-state index >= 15 is 0 Å². The smallest absolute Gasteiger partial charge is 0.270 e. The zero-order valence-electron chi connectivity index (χ0n) is 16.0. The maximum Gasteiger partial charge on any atom is 0.270 e. The molecule has 0 unspecified atom stereocenters. The van der Waals surface area contributed by atoms with Crippen molar-refractivity contribution >= 4 is 44.7 Å². The third kappa shape index (κ3) is 2.55. The van der Waals surface area contributed by atoms with Crippen molar-refractivity contribution < 1.29 is 14.5 Å². The number of benzene rings is 2. The second kappa shape index (κ2) is 6.74. The Kier molecular flexibility index (Phi) is 4.25. The number of allylic oxidation sites excluding steroid dienone is 4. The summed E-state index contributed by atoms with van der Waals surface area (Å²) in [5.74, 6) is -1.53. The van der Waals surface area contributed by atoms with Crippen LogP contribution in [-0.2, 0) is 9.59 Å². The van der Waals surface area contributed by atoms with Gasteiger partial charge in [0.25, 0.3) is 5.69 Å². The topological polar surface area (TPSA) is 80.5 Å². The van der Waals surface area contributed by atoms with Crippen LogP contribution in [-0.4, -0.2) is 16.7 Å². The van der Waals surface area contributed by atoms with Gasteiger partial charge in [-0.05, 0) is 40.1 Å². The van der Waals surface area contributed by atoms with Crippen LogP contribution in [0.3, 0.4) is 0 Å². The third-order valence-corrected chi connectivity index (χ3v) is 7.07. The van der Waals surface area contributed by atoms with Crippen molar-refractivity contribution in [2.45, 2.75) is 6.92 Å². The molecule has 7 heteroatoms. The predicted molar refractivity (Wildman–Crippen MR) is 115 cm³/mol. The summed E-state index contributed by atoms with van der Waals surface area (Å²) in [6.45, 7) is 2.05. The average Bonchev–Trinajstić information content (AvgIpc) is 3.38. The van der Waals surface area contributed by atoms with E-state index < -0.39 is 16.8 Å². The maximum absolute atomic E-state index is 13.4. The number of imide groups is 1. The summed E-state index contributed by atoms with van der Waals surface area (Å²) in [6, 6.07) is 14.1. The summed E-state index contributed by atoms with van der Waals surface area (Å²) >= 11 is 3.30. The van der Waals surface area contributed by atoms with Crippen molar-refractivity contribution in [3.8, 4) is 0 Å². The third-order valence-electron chi connectivity index (χ3n) is 6.44. The number of carbonyl (C=O) groups excluding carboxylic acids is 2. The van der Waals surface area contributed by atoms with E-state index in [0.717, 1.165) is 16.7 Å². The molecule has 2 aromatic carbocycles. The molecule has 1 saturated carbocycles. The van der Waals surface area contributed by atoms with E-state index in [0.29, 0.717) is 10.2 Å². The number of nitro groups is 1. The van der Waals surface area contributed by atoms with Crippen LogP contribution in [0.1, 0.15) is 12.5 Å². The van der Waals surface area contributed by atoms with Gasteiger partial charge in [0.15, 0.2) is 0 Å². The van der Waals surface area contributed by atoms with Crippen molar-refractivity contribution in [2.24, 2.45) is 23.7 Å². The number of rotatable bonds is 3. The van der Waals surface area contributed by atoms with Crippen LogP contribution in [0.5, 0.6) is 0 Å². The van der Waals surface area contributed by atoms with Crippen molar-refractivity contribution in [3.63, 3.8) is 0 Å². The van der Waals surface area contributed by atoms with Crippen molar-refractivity contribution in [1.29, 1.82) is 0 Å². The minimum absolute atomic E-state index is 0.0986. The standard InChI is InChI=1S/C23H17BrN2O4/c1-12(13-5-3-2-4-6-13)19-15-8-9-16(19)21-20(15)22(27)25(23(21)28)18-10-7-14(26(29)30)11-17(18)24/h2-11,15-16,20-21H,1H3/t15-,16-,20-,21+/m1/s1. The van der Waals surface area contributed by atoms with E-state index in [1.165, 1.54) is 23.1 Å². The molecule has 2 fully saturated rings. The Labute approximate surface area is 181 Å². The Hall–Kier alpha value is -3.06. The van der Waals surface area contributed by atoms with Gasteiger partial charge in [-0.15, -0.1) is 0 Å². The number of halogens is 1. The first-order valence-corrected chi connectivity index (χ1v) is 10.5. The van der Waals surface area contributed by atoms with Crippen LogP contribution in [0, 0.1) is 33.8 Å². The number of hydrogen-bond donors (Lipinski definition) is 0. The highest BCUT2D eigenvalue weighted by Gasteiger charge is 2.62. The van der Waals surface area contributed by atoms with Crippen LogP contribution in [0.15, 0.2) is 70.7 Å². The minimum Gasteiger partial charge on any atom is -0.274 e. The maximum atomic E-state index is 13.4. The van der Waals surface area contributed by atoms with E-state index in [1.54, 1.807) is 0 Å². The number of nitrogens with zero attached hydrogens (tertiary/aromatic N) is 2. The van der Waals surface area contributed by atoms with Gasteiger partial charge >= 0.3 is 0 Å². The molecular weight excluding hydrogens is 448 g/mol. The lowest BCUT2D eigenvalue weighted by Gasteiger charge is -2.21. The van der Waals surface area contributed by atoms with E-state index in [1.807, 2.05) is 42.5 Å². The molecule has 0 N–H and O–H groups in total. The molecule has 2 amide bonds. The second-order valence-corrected chi connectivity index (χ2v) is 8.69. The Bertz CT molecular complexity index is 1140. The lowest BCUT2D eigenvalue weighted by Crippen LogP contribution is -2.33. The Balaban J connectivity index is 1.54. The molecule has 4 atom stereocenters. The lowest BCUT2D eigenvalue weighted by molar-refractivity contribution is -0.384. The van der Waals surface area contributed by atoms with Crippen molar-refractivity contribution in [3.05, 3.63) is 86.4 Å². The number of hydrogen-bond acceptors (Lipinski definition) is 4. The number of non-ortho nitro benzene ring substituents is 1. The molecule has 2 bridgehead atoms. The SMILES string of the molecule is CC(=C1[C@H]2C=C[C@H]1[C@H]1C(=O)N(c3ccc([N+](=O)[O-])cc3Br)C(=O)[C@H]12)c1ccccc1. The van der Waals surface area contributed by atoms with Gasteiger partial charge in [0.1, 0.15) is 0 Å². The molecule has 2 aliphatic carbocycles. The van der Waals surface area contributed by atoms with Crippen LogP contribution in [0.25, 0.3) is 5.57 Å². The first kappa shape index (κ1) is 18.9. The van der Waals surface area contributed by atoms with Crippen LogP contribution in [0.4, 0.5) is 11.4 Å². The molecule has 0 spiro atoms. The van der Waals surface area contributed by atoms with Crippen LogP contribution >= 0.6 is 15.9 Å². The number of anilines is 1. The summed E-state index contributed by atoms with van der Waals surface area (Å²) in [4.78, 5) is 38.4. The highest BCUT2D eigenvalue weighted by atomic mass is 79.9. The van der Waals surface area contributed by atoms with Crippen LogP contribution < -0.4 is 4.90 Å². The van der Waals surface area contributed by atoms with E-state index in [2.05, 4.69) is 22.9 Å². The largest absolute Gasteiger partial charge is 0.274 e. The number of amides is 2. The van der Waals surface area contributed by atoms with E-state index in [9.17, 15) is 19.7 Å². The fraction of sp³-hybridized carbons (Fsp3) is 0.217. The zero-order chi connectivity index (χ0) is 21.2. The molecule has 150 valence electrons. The molecule has 5 rings (SSSR count). The highest BCUT2D eigenvalue weighted by molar-refractivity contribution is 9.10. The zero-order valence-corrected chi connectivity index (χ0v) is 17.6. The Morgan fingerprint density at radius 2 is 1.60 bits per heavy atom. The average molecular weight is 465 g/mol. The summed E-state index contributed by atoms with van der Waals surface area (Å²) in [5, 5.41) is 11.0. The molecule has 1 saturated heterocycles. The molecule has 0 radical (unpaired) electrons. The summed E-state index contributed by atoms with van der Waals surface area (Å²) in [7, 11) is 0. The Morgan fingerprint density at radius 3 is 2.13 bits per heavy atom. The molecule has 2 aromatic rings. The predicted octanol–water partition coefficient (Wildman–Crippen LogP) is 4.75. The first-order chi connectivity index (χ1) is 14.4. The molecule has 6 nitrogen and oxygen atoms in total. The monoisotopic (exact) mass is 464 g/mol. The second-order valence-electron chi connectivity index (χ2n) is 7.84. The van der Waals surface area contributed by atoms with Crippen LogP contribution in [0.2, 0.25) is 0 Å². The minimum atomic E-state index is -0.509. The molecule has 3 aliphatic rings. The summed E-state index contributed by atoms with van der Waals surface area (Å²) in [5.41, 5.74) is 3.63. The number of nitro benzene ring substituents is 1. The molecular formula is C23H17BrN2O4. The van der Waals surface area contributed by atoms with Gasteiger partial charge in [-0.2, -0.15) is 0 Å². The van der Waals surface area contributed by atoms with Gasteiger partial charge in [0.2, 0.25) is 11.8 Å². The first-order valence-electron chi connectivity index (χ1n) is 9.66. The lowest BCUT2D eigenvalue weighted by atomic mass is 9.85. The van der Waals surface area contributed by atoms with Gasteiger partial charge in [0.05, 0.1) is 22.4 Å². The highest BCUT2D eigenvalue weighted by Crippen LogP contribution is 2.58. The van der Waals surface area contributed by atoms with Gasteiger partial charge in [-0.3, -0.25) is 19.7 Å². The van der Waals surface area contributed by atoms with Gasteiger partial charge < -0.3 is 0 Å². The van der Waals surface area contributed by atoms with E-state index in [4.69, 9.17) is 0 Å². The quantitative estimate of drug-likeness (QED) is 0.284.